The average molecular weight is 218 g/mol. The van der Waals surface area contributed by atoms with Gasteiger partial charge in [-0.15, -0.1) is 6.42 Å². The Morgan fingerprint density at radius 1 is 1.62 bits per heavy atom. The van der Waals surface area contributed by atoms with Gasteiger partial charge in [-0.3, -0.25) is 0 Å². The van der Waals surface area contributed by atoms with Crippen molar-refractivity contribution in [1.29, 1.82) is 0 Å². The average Bonchev–Trinajstić information content (AvgIpc) is 2.29. The smallest absolute Gasteiger partial charge is 0.322 e. The van der Waals surface area contributed by atoms with Crippen molar-refractivity contribution in [3.63, 3.8) is 0 Å². The minimum absolute atomic E-state index is 0.244. The van der Waals surface area contributed by atoms with Crippen LogP contribution in [0, 0.1) is 12.3 Å². The number of anilines is 1. The van der Waals surface area contributed by atoms with Crippen LogP contribution < -0.4 is 10.1 Å². The Morgan fingerprint density at radius 3 is 3.00 bits per heavy atom. The number of carbonyl (C=O) groups excluding carboxylic acids is 1. The Hall–Kier alpha value is -2.15. The number of methoxy groups -OCH3 is 1. The van der Waals surface area contributed by atoms with Crippen LogP contribution in [0.4, 0.5) is 10.5 Å². The molecule has 1 rings (SSSR count). The molecule has 16 heavy (non-hydrogen) atoms. The lowest BCUT2D eigenvalue weighted by molar-refractivity contribution is 0.227. The number of hydrogen-bond donors (Lipinski definition) is 1. The Balaban J connectivity index is 2.66. The fraction of sp³-hybridized carbons (Fsp3) is 0.250. The van der Waals surface area contributed by atoms with E-state index in [1.54, 1.807) is 38.4 Å². The zero-order chi connectivity index (χ0) is 12.0. The molecule has 0 radical (unpaired) electrons. The largest absolute Gasteiger partial charge is 0.497 e. The fourth-order valence-corrected chi connectivity index (χ4v) is 1.13. The molecule has 4 nitrogen and oxygen atoms in total. The maximum atomic E-state index is 11.6. The number of urea groups is 1. The summed E-state index contributed by atoms with van der Waals surface area (Å²) >= 11 is 0. The highest BCUT2D eigenvalue weighted by Crippen LogP contribution is 2.16. The van der Waals surface area contributed by atoms with E-state index in [1.165, 1.54) is 4.90 Å². The molecule has 84 valence electrons. The summed E-state index contributed by atoms with van der Waals surface area (Å²) in [6.45, 7) is 0.274. The van der Waals surface area contributed by atoms with E-state index < -0.39 is 0 Å². The monoisotopic (exact) mass is 218 g/mol. The second kappa shape index (κ2) is 5.66. The molecule has 0 aliphatic rings. The van der Waals surface area contributed by atoms with Crippen molar-refractivity contribution >= 4 is 11.7 Å². The maximum absolute atomic E-state index is 11.6. The third-order valence-corrected chi connectivity index (χ3v) is 2.00. The third kappa shape index (κ3) is 3.21. The van der Waals surface area contributed by atoms with Crippen LogP contribution >= 0.6 is 0 Å². The minimum Gasteiger partial charge on any atom is -0.497 e. The number of carbonyl (C=O) groups is 1. The van der Waals surface area contributed by atoms with E-state index in [2.05, 4.69) is 11.2 Å². The highest BCUT2D eigenvalue weighted by molar-refractivity contribution is 5.89. The van der Waals surface area contributed by atoms with Gasteiger partial charge in [0, 0.05) is 18.8 Å². The molecule has 0 spiro atoms. The molecule has 0 bridgehead atoms. The Bertz CT molecular complexity index is 410. The van der Waals surface area contributed by atoms with Crippen molar-refractivity contribution in [2.24, 2.45) is 0 Å². The summed E-state index contributed by atoms with van der Waals surface area (Å²) in [6.07, 6.45) is 5.11. The molecule has 0 aliphatic carbocycles. The summed E-state index contributed by atoms with van der Waals surface area (Å²) < 4.78 is 5.05. The van der Waals surface area contributed by atoms with Crippen molar-refractivity contribution in [2.75, 3.05) is 26.0 Å². The predicted molar refractivity (Wildman–Crippen MR) is 63.5 cm³/mol. The fourth-order valence-electron chi connectivity index (χ4n) is 1.13. The van der Waals surface area contributed by atoms with E-state index in [9.17, 15) is 4.79 Å². The Kier molecular flexibility index (Phi) is 4.22. The molecule has 1 aromatic rings. The number of benzene rings is 1. The first-order valence-corrected chi connectivity index (χ1v) is 4.77. The first kappa shape index (κ1) is 11.9. The SMILES string of the molecule is C#CCN(C)C(=O)Nc1cccc(OC)c1. The summed E-state index contributed by atoms with van der Waals surface area (Å²) in [5.74, 6) is 3.09. The van der Waals surface area contributed by atoms with E-state index in [4.69, 9.17) is 11.2 Å². The van der Waals surface area contributed by atoms with E-state index in [1.807, 2.05) is 0 Å². The molecule has 0 saturated heterocycles. The standard InChI is InChI=1S/C12H14N2O2/c1-4-8-14(2)12(15)13-10-6-5-7-11(9-10)16-3/h1,5-7,9H,8H2,2-3H3,(H,13,15). The van der Waals surface area contributed by atoms with Crippen molar-refractivity contribution in [3.05, 3.63) is 24.3 Å². The van der Waals surface area contributed by atoms with Crippen LogP contribution in [0.25, 0.3) is 0 Å². The van der Waals surface area contributed by atoms with E-state index in [0.717, 1.165) is 0 Å². The number of ether oxygens (including phenoxy) is 1. The van der Waals surface area contributed by atoms with Gasteiger partial charge < -0.3 is 15.0 Å². The van der Waals surface area contributed by atoms with Crippen molar-refractivity contribution in [3.8, 4) is 18.1 Å². The molecule has 1 aromatic carbocycles. The van der Waals surface area contributed by atoms with E-state index >= 15 is 0 Å². The van der Waals surface area contributed by atoms with Gasteiger partial charge in [0.1, 0.15) is 5.75 Å². The van der Waals surface area contributed by atoms with Crippen molar-refractivity contribution in [2.45, 2.75) is 0 Å². The van der Waals surface area contributed by atoms with Gasteiger partial charge in [0.2, 0.25) is 0 Å². The molecular formula is C12H14N2O2. The quantitative estimate of drug-likeness (QED) is 0.786. The molecule has 0 unspecified atom stereocenters. The van der Waals surface area contributed by atoms with Crippen LogP contribution in [-0.2, 0) is 0 Å². The summed E-state index contributed by atoms with van der Waals surface area (Å²) in [7, 11) is 3.21. The van der Waals surface area contributed by atoms with Gasteiger partial charge >= 0.3 is 6.03 Å². The molecule has 2 amide bonds. The van der Waals surface area contributed by atoms with E-state index in [0.29, 0.717) is 11.4 Å². The number of terminal acetylenes is 1. The lowest BCUT2D eigenvalue weighted by Crippen LogP contribution is -2.31. The van der Waals surface area contributed by atoms with Gasteiger partial charge in [0.15, 0.2) is 0 Å². The second-order valence-corrected chi connectivity index (χ2v) is 3.22. The van der Waals surface area contributed by atoms with Gasteiger partial charge in [0.05, 0.1) is 13.7 Å². The summed E-state index contributed by atoms with van der Waals surface area (Å²) in [5, 5.41) is 2.71. The number of amides is 2. The highest BCUT2D eigenvalue weighted by atomic mass is 16.5. The summed E-state index contributed by atoms with van der Waals surface area (Å²) in [4.78, 5) is 13.0. The molecule has 0 fully saturated rings. The molecule has 1 N–H and O–H groups in total. The summed E-state index contributed by atoms with van der Waals surface area (Å²) in [5.41, 5.74) is 0.674. The molecular weight excluding hydrogens is 204 g/mol. The predicted octanol–water partition coefficient (Wildman–Crippen LogP) is 1.79. The lowest BCUT2D eigenvalue weighted by atomic mass is 10.3. The molecule has 0 saturated carbocycles. The van der Waals surface area contributed by atoms with Gasteiger partial charge in [-0.1, -0.05) is 12.0 Å². The van der Waals surface area contributed by atoms with Gasteiger partial charge in [-0.25, -0.2) is 4.79 Å². The zero-order valence-electron chi connectivity index (χ0n) is 9.36. The van der Waals surface area contributed by atoms with Crippen LogP contribution in [0.15, 0.2) is 24.3 Å². The first-order valence-electron chi connectivity index (χ1n) is 4.77. The second-order valence-electron chi connectivity index (χ2n) is 3.22. The first-order chi connectivity index (χ1) is 7.67. The van der Waals surface area contributed by atoms with Gasteiger partial charge in [-0.05, 0) is 12.1 Å². The number of nitrogens with zero attached hydrogens (tertiary/aromatic N) is 1. The molecule has 4 heteroatoms. The molecule has 0 aliphatic heterocycles. The molecule has 0 heterocycles. The van der Waals surface area contributed by atoms with Crippen LogP contribution in [0.2, 0.25) is 0 Å². The van der Waals surface area contributed by atoms with Gasteiger partial charge in [0.25, 0.3) is 0 Å². The van der Waals surface area contributed by atoms with Crippen LogP contribution in [0.5, 0.6) is 5.75 Å². The third-order valence-electron chi connectivity index (χ3n) is 2.00. The Morgan fingerprint density at radius 2 is 2.38 bits per heavy atom. The van der Waals surface area contributed by atoms with Gasteiger partial charge in [-0.2, -0.15) is 0 Å². The van der Waals surface area contributed by atoms with Crippen LogP contribution in [0.3, 0.4) is 0 Å². The number of rotatable bonds is 3. The number of hydrogen-bond acceptors (Lipinski definition) is 2. The zero-order valence-corrected chi connectivity index (χ0v) is 9.36. The maximum Gasteiger partial charge on any atom is 0.322 e. The topological polar surface area (TPSA) is 41.6 Å². The van der Waals surface area contributed by atoms with Crippen molar-refractivity contribution < 1.29 is 9.53 Å². The lowest BCUT2D eigenvalue weighted by Gasteiger charge is -2.15. The minimum atomic E-state index is -0.244. The van der Waals surface area contributed by atoms with E-state index in [-0.39, 0.29) is 12.6 Å². The summed E-state index contributed by atoms with van der Waals surface area (Å²) in [6, 6.07) is 6.88. The normalized spacial score (nSPS) is 9.06. The van der Waals surface area contributed by atoms with Crippen LogP contribution in [0.1, 0.15) is 0 Å². The molecule has 0 atom stereocenters. The number of nitrogens with one attached hydrogen (secondary N) is 1. The Labute approximate surface area is 95.2 Å². The highest BCUT2D eigenvalue weighted by Gasteiger charge is 2.07. The molecule has 0 aromatic heterocycles. The van der Waals surface area contributed by atoms with Crippen molar-refractivity contribution in [1.82, 2.24) is 4.90 Å². The van der Waals surface area contributed by atoms with Crippen LogP contribution in [-0.4, -0.2) is 31.6 Å².